The molecule has 0 atom stereocenters. The van der Waals surface area contributed by atoms with Crippen molar-refractivity contribution in [3.63, 3.8) is 0 Å². The molecule has 0 aromatic heterocycles. The molecule has 3 rings (SSSR count). The summed E-state index contributed by atoms with van der Waals surface area (Å²) >= 11 is 15.7. The fourth-order valence-electron chi connectivity index (χ4n) is 2.55. The summed E-state index contributed by atoms with van der Waals surface area (Å²) in [5, 5.41) is 4.41. The molecule has 28 heavy (non-hydrogen) atoms. The third-order valence-electron chi connectivity index (χ3n) is 4.04. The Bertz CT molecular complexity index is 967. The highest BCUT2D eigenvalue weighted by atomic mass is 79.9. The smallest absolute Gasteiger partial charge is 0.162 e. The zero-order chi connectivity index (χ0) is 20.1. The Kier molecular flexibility index (Phi) is 7.05. The van der Waals surface area contributed by atoms with Gasteiger partial charge in [-0.3, -0.25) is 0 Å². The van der Waals surface area contributed by atoms with E-state index in [2.05, 4.69) is 21.2 Å². The number of nitrogens with one attached hydrogen (secondary N) is 1. The summed E-state index contributed by atoms with van der Waals surface area (Å²) in [6.45, 7) is 0.831. The van der Waals surface area contributed by atoms with Crippen LogP contribution in [0, 0.1) is 5.82 Å². The minimum absolute atomic E-state index is 0.276. The summed E-state index contributed by atoms with van der Waals surface area (Å²) in [6.07, 6.45) is 0. The molecular weight excluding hydrogens is 468 g/mol. The number of rotatable bonds is 7. The molecular formula is C21H17BrCl2FNO2. The number of methoxy groups -OCH3 is 1. The number of ether oxygens (including phenoxy) is 2. The predicted octanol–water partition coefficient (Wildman–Crippen LogP) is 7.09. The van der Waals surface area contributed by atoms with Crippen LogP contribution in [0.1, 0.15) is 11.1 Å². The lowest BCUT2D eigenvalue weighted by Crippen LogP contribution is -2.03. The van der Waals surface area contributed by atoms with E-state index in [0.717, 1.165) is 21.3 Å². The van der Waals surface area contributed by atoms with Gasteiger partial charge in [0.25, 0.3) is 0 Å². The third kappa shape index (κ3) is 5.31. The van der Waals surface area contributed by atoms with E-state index in [1.807, 2.05) is 18.2 Å². The quantitative estimate of drug-likeness (QED) is 0.388. The summed E-state index contributed by atoms with van der Waals surface area (Å²) in [7, 11) is 1.58. The molecule has 7 heteroatoms. The first kappa shape index (κ1) is 20.8. The Morgan fingerprint density at radius 2 is 1.75 bits per heavy atom. The lowest BCUT2D eigenvalue weighted by atomic mass is 10.2. The van der Waals surface area contributed by atoms with Crippen LogP contribution in [-0.2, 0) is 13.2 Å². The Labute approximate surface area is 181 Å². The molecule has 0 saturated heterocycles. The largest absolute Gasteiger partial charge is 0.493 e. The Morgan fingerprint density at radius 3 is 2.43 bits per heavy atom. The summed E-state index contributed by atoms with van der Waals surface area (Å²) in [4.78, 5) is 0. The molecule has 0 aliphatic rings. The van der Waals surface area contributed by atoms with Gasteiger partial charge in [-0.05, 0) is 53.6 Å². The summed E-state index contributed by atoms with van der Waals surface area (Å²) in [5.41, 5.74) is 2.62. The first-order valence-corrected chi connectivity index (χ1v) is 9.93. The SMILES string of the molecule is COc1cc(CNc2ccc(Cl)cc2Cl)c(Br)cc1OCc1ccc(F)cc1. The van der Waals surface area contributed by atoms with Crippen molar-refractivity contribution in [2.24, 2.45) is 0 Å². The van der Waals surface area contributed by atoms with E-state index in [1.54, 1.807) is 31.4 Å². The maximum absolute atomic E-state index is 13.0. The van der Waals surface area contributed by atoms with Crippen molar-refractivity contribution in [1.29, 1.82) is 0 Å². The first-order chi connectivity index (χ1) is 13.5. The molecule has 0 unspecified atom stereocenters. The van der Waals surface area contributed by atoms with E-state index in [4.69, 9.17) is 32.7 Å². The minimum atomic E-state index is -0.276. The molecule has 0 radical (unpaired) electrons. The van der Waals surface area contributed by atoms with Gasteiger partial charge in [-0.2, -0.15) is 0 Å². The fraction of sp³-hybridized carbons (Fsp3) is 0.143. The van der Waals surface area contributed by atoms with Gasteiger partial charge in [0.05, 0.1) is 17.8 Å². The minimum Gasteiger partial charge on any atom is -0.493 e. The average molecular weight is 485 g/mol. The number of anilines is 1. The van der Waals surface area contributed by atoms with Gasteiger partial charge in [-0.25, -0.2) is 4.39 Å². The van der Waals surface area contributed by atoms with Crippen molar-refractivity contribution >= 4 is 44.8 Å². The van der Waals surface area contributed by atoms with Crippen LogP contribution in [0.2, 0.25) is 10.0 Å². The van der Waals surface area contributed by atoms with Gasteiger partial charge in [0.2, 0.25) is 0 Å². The average Bonchev–Trinajstić information content (AvgIpc) is 2.68. The van der Waals surface area contributed by atoms with Crippen LogP contribution in [0.3, 0.4) is 0 Å². The van der Waals surface area contributed by atoms with Crippen LogP contribution in [-0.4, -0.2) is 7.11 Å². The van der Waals surface area contributed by atoms with Crippen molar-refractivity contribution in [3.8, 4) is 11.5 Å². The molecule has 0 spiro atoms. The highest BCUT2D eigenvalue weighted by Gasteiger charge is 2.11. The van der Waals surface area contributed by atoms with E-state index in [1.165, 1.54) is 12.1 Å². The zero-order valence-electron chi connectivity index (χ0n) is 14.9. The van der Waals surface area contributed by atoms with Gasteiger partial charge in [-0.1, -0.05) is 51.3 Å². The van der Waals surface area contributed by atoms with Gasteiger partial charge in [-0.15, -0.1) is 0 Å². The van der Waals surface area contributed by atoms with Crippen LogP contribution >= 0.6 is 39.1 Å². The molecule has 0 heterocycles. The molecule has 1 N–H and O–H groups in total. The lowest BCUT2D eigenvalue weighted by Gasteiger charge is -2.15. The molecule has 146 valence electrons. The van der Waals surface area contributed by atoms with Gasteiger partial charge < -0.3 is 14.8 Å². The number of halogens is 4. The second-order valence-electron chi connectivity index (χ2n) is 5.99. The maximum Gasteiger partial charge on any atom is 0.162 e. The monoisotopic (exact) mass is 483 g/mol. The van der Waals surface area contributed by atoms with Crippen LogP contribution < -0.4 is 14.8 Å². The van der Waals surface area contributed by atoms with Gasteiger partial charge in [0.15, 0.2) is 11.5 Å². The molecule has 0 fully saturated rings. The standard InChI is InChI=1S/C21H17BrCl2FNO2/c1-27-20-8-14(11-26-19-7-4-15(23)9-18(19)24)17(22)10-21(20)28-12-13-2-5-16(25)6-3-13/h2-10,26H,11-12H2,1H3. The number of benzene rings is 3. The molecule has 0 aliphatic carbocycles. The molecule has 0 amide bonds. The van der Waals surface area contributed by atoms with Gasteiger partial charge in [0.1, 0.15) is 12.4 Å². The predicted molar refractivity (Wildman–Crippen MR) is 115 cm³/mol. The summed E-state index contributed by atoms with van der Waals surface area (Å²) < 4.78 is 25.2. The molecule has 3 aromatic rings. The third-order valence-corrected chi connectivity index (χ3v) is 5.33. The second-order valence-corrected chi connectivity index (χ2v) is 7.69. The summed E-state index contributed by atoms with van der Waals surface area (Å²) in [5.74, 6) is 0.915. The van der Waals surface area contributed by atoms with E-state index in [9.17, 15) is 4.39 Å². The normalized spacial score (nSPS) is 10.6. The van der Waals surface area contributed by atoms with Gasteiger partial charge >= 0.3 is 0 Å². The van der Waals surface area contributed by atoms with Crippen LogP contribution in [0.15, 0.2) is 59.1 Å². The topological polar surface area (TPSA) is 30.5 Å². The summed E-state index contributed by atoms with van der Waals surface area (Å²) in [6, 6.07) is 15.2. The maximum atomic E-state index is 13.0. The lowest BCUT2D eigenvalue weighted by molar-refractivity contribution is 0.284. The molecule has 3 aromatic carbocycles. The zero-order valence-corrected chi connectivity index (χ0v) is 18.0. The molecule has 0 aliphatic heterocycles. The van der Waals surface area contributed by atoms with Crippen molar-refractivity contribution in [3.05, 3.63) is 86.1 Å². The Balaban J connectivity index is 1.72. The van der Waals surface area contributed by atoms with Crippen LogP contribution in [0.4, 0.5) is 10.1 Å². The Hall–Kier alpha value is -1.95. The molecule has 0 saturated carbocycles. The van der Waals surface area contributed by atoms with Crippen molar-refractivity contribution in [1.82, 2.24) is 0 Å². The molecule has 0 bridgehead atoms. The highest BCUT2D eigenvalue weighted by molar-refractivity contribution is 9.10. The number of hydrogen-bond acceptors (Lipinski definition) is 3. The molecule has 3 nitrogen and oxygen atoms in total. The fourth-order valence-corrected chi connectivity index (χ4v) is 3.49. The van der Waals surface area contributed by atoms with Crippen LogP contribution in [0.25, 0.3) is 0 Å². The van der Waals surface area contributed by atoms with Crippen molar-refractivity contribution < 1.29 is 13.9 Å². The van der Waals surface area contributed by atoms with E-state index < -0.39 is 0 Å². The number of hydrogen-bond donors (Lipinski definition) is 1. The first-order valence-electron chi connectivity index (χ1n) is 8.39. The van der Waals surface area contributed by atoms with Crippen molar-refractivity contribution in [2.75, 3.05) is 12.4 Å². The van der Waals surface area contributed by atoms with E-state index in [0.29, 0.717) is 34.7 Å². The van der Waals surface area contributed by atoms with E-state index >= 15 is 0 Å². The van der Waals surface area contributed by atoms with E-state index in [-0.39, 0.29) is 5.82 Å². The Morgan fingerprint density at radius 1 is 1.00 bits per heavy atom. The second kappa shape index (κ2) is 9.50. The van der Waals surface area contributed by atoms with Gasteiger partial charge in [0, 0.05) is 16.0 Å². The highest BCUT2D eigenvalue weighted by Crippen LogP contribution is 2.35. The van der Waals surface area contributed by atoms with Crippen LogP contribution in [0.5, 0.6) is 11.5 Å². The van der Waals surface area contributed by atoms with Crippen molar-refractivity contribution in [2.45, 2.75) is 13.2 Å².